The standard InChI is InChI=1S/C17H23NO4/c19-16(7-6-13-8-10-22-11-9-13)18-15(12-17(20)21)14-4-2-1-3-5-14/h1-5,13,15H,6-12H2,(H,18,19)(H,20,21). The molecule has 0 bridgehead atoms. The van der Waals surface area contributed by atoms with E-state index in [1.807, 2.05) is 30.3 Å². The van der Waals surface area contributed by atoms with Crippen LogP contribution < -0.4 is 5.32 Å². The molecule has 0 aliphatic carbocycles. The van der Waals surface area contributed by atoms with Crippen molar-refractivity contribution >= 4 is 11.9 Å². The molecule has 1 aromatic carbocycles. The number of carbonyl (C=O) groups excluding carboxylic acids is 1. The van der Waals surface area contributed by atoms with Gasteiger partial charge in [0.25, 0.3) is 0 Å². The van der Waals surface area contributed by atoms with E-state index in [1.54, 1.807) is 0 Å². The number of benzene rings is 1. The van der Waals surface area contributed by atoms with Crippen molar-refractivity contribution in [2.45, 2.75) is 38.1 Å². The number of carbonyl (C=O) groups is 2. The summed E-state index contributed by atoms with van der Waals surface area (Å²) in [4.78, 5) is 23.1. The first kappa shape index (κ1) is 16.5. The molecule has 0 aromatic heterocycles. The molecule has 1 aromatic rings. The quantitative estimate of drug-likeness (QED) is 0.811. The van der Waals surface area contributed by atoms with Gasteiger partial charge >= 0.3 is 5.97 Å². The maximum absolute atomic E-state index is 12.1. The Labute approximate surface area is 130 Å². The number of carboxylic acids is 1. The van der Waals surface area contributed by atoms with E-state index in [0.29, 0.717) is 12.3 Å². The van der Waals surface area contributed by atoms with Crippen LogP contribution in [0, 0.1) is 5.92 Å². The number of amides is 1. The maximum Gasteiger partial charge on any atom is 0.305 e. The van der Waals surface area contributed by atoms with Crippen molar-refractivity contribution in [3.63, 3.8) is 0 Å². The fourth-order valence-corrected chi connectivity index (χ4v) is 2.75. The summed E-state index contributed by atoms with van der Waals surface area (Å²) in [5.74, 6) is -0.464. The molecule has 2 N–H and O–H groups in total. The molecule has 22 heavy (non-hydrogen) atoms. The van der Waals surface area contributed by atoms with Crippen LogP contribution in [0.4, 0.5) is 0 Å². The van der Waals surface area contributed by atoms with Crippen LogP contribution >= 0.6 is 0 Å². The molecule has 1 fully saturated rings. The van der Waals surface area contributed by atoms with Crippen molar-refractivity contribution in [3.8, 4) is 0 Å². The highest BCUT2D eigenvalue weighted by Crippen LogP contribution is 2.21. The van der Waals surface area contributed by atoms with Gasteiger partial charge in [0.2, 0.25) is 5.91 Å². The molecule has 0 saturated carbocycles. The Morgan fingerprint density at radius 2 is 1.91 bits per heavy atom. The van der Waals surface area contributed by atoms with Crippen molar-refractivity contribution < 1.29 is 19.4 Å². The lowest BCUT2D eigenvalue weighted by atomic mass is 9.94. The topological polar surface area (TPSA) is 75.6 Å². The highest BCUT2D eigenvalue weighted by molar-refractivity contribution is 5.77. The zero-order chi connectivity index (χ0) is 15.8. The lowest BCUT2D eigenvalue weighted by Crippen LogP contribution is -2.30. The molecular formula is C17H23NO4. The van der Waals surface area contributed by atoms with Crippen molar-refractivity contribution in [2.75, 3.05) is 13.2 Å². The van der Waals surface area contributed by atoms with Crippen LogP contribution in [0.2, 0.25) is 0 Å². The van der Waals surface area contributed by atoms with Gasteiger partial charge in [-0.15, -0.1) is 0 Å². The number of carboxylic acid groups (broad SMARTS) is 1. The van der Waals surface area contributed by atoms with Crippen molar-refractivity contribution in [3.05, 3.63) is 35.9 Å². The highest BCUT2D eigenvalue weighted by atomic mass is 16.5. The van der Waals surface area contributed by atoms with E-state index in [1.165, 1.54) is 0 Å². The summed E-state index contributed by atoms with van der Waals surface area (Å²) < 4.78 is 5.31. The SMILES string of the molecule is O=C(O)CC(NC(=O)CCC1CCOCC1)c1ccccc1. The van der Waals surface area contributed by atoms with Gasteiger partial charge in [-0.05, 0) is 30.7 Å². The zero-order valence-electron chi connectivity index (χ0n) is 12.7. The molecular weight excluding hydrogens is 282 g/mol. The van der Waals surface area contributed by atoms with E-state index in [9.17, 15) is 9.59 Å². The maximum atomic E-state index is 12.1. The number of rotatable bonds is 7. The number of hydrogen-bond donors (Lipinski definition) is 2. The predicted molar refractivity (Wildman–Crippen MR) is 82.4 cm³/mol. The molecule has 0 radical (unpaired) electrons. The molecule has 1 heterocycles. The third-order valence-corrected chi connectivity index (χ3v) is 4.04. The minimum absolute atomic E-state index is 0.0819. The Kier molecular flexibility index (Phi) is 6.40. The molecule has 1 atom stereocenters. The molecule has 5 nitrogen and oxygen atoms in total. The summed E-state index contributed by atoms with van der Waals surface area (Å²) in [5.41, 5.74) is 0.823. The van der Waals surface area contributed by atoms with Gasteiger partial charge in [-0.2, -0.15) is 0 Å². The Balaban J connectivity index is 1.86. The Morgan fingerprint density at radius 1 is 1.23 bits per heavy atom. The van der Waals surface area contributed by atoms with E-state index < -0.39 is 12.0 Å². The van der Waals surface area contributed by atoms with Gasteiger partial charge in [0.1, 0.15) is 0 Å². The first-order valence-corrected chi connectivity index (χ1v) is 7.79. The summed E-state index contributed by atoms with van der Waals surface area (Å²) >= 11 is 0. The molecule has 5 heteroatoms. The van der Waals surface area contributed by atoms with Crippen LogP contribution in [0.3, 0.4) is 0 Å². The summed E-state index contributed by atoms with van der Waals surface area (Å²) in [7, 11) is 0. The predicted octanol–water partition coefficient (Wildman–Crippen LogP) is 2.53. The average molecular weight is 305 g/mol. The third-order valence-electron chi connectivity index (χ3n) is 4.04. The van der Waals surface area contributed by atoms with Crippen LogP contribution in [0.5, 0.6) is 0 Å². The third kappa shape index (κ3) is 5.48. The van der Waals surface area contributed by atoms with Gasteiger partial charge in [0.15, 0.2) is 0 Å². The summed E-state index contributed by atoms with van der Waals surface area (Å²) in [6, 6.07) is 8.77. The van der Waals surface area contributed by atoms with Crippen LogP contribution in [0.15, 0.2) is 30.3 Å². The molecule has 1 unspecified atom stereocenters. The molecule has 0 spiro atoms. The molecule has 120 valence electrons. The molecule has 2 rings (SSSR count). The normalized spacial score (nSPS) is 16.9. The van der Waals surface area contributed by atoms with Crippen LogP contribution in [-0.4, -0.2) is 30.2 Å². The lowest BCUT2D eigenvalue weighted by molar-refractivity contribution is -0.137. The van der Waals surface area contributed by atoms with Crippen LogP contribution in [0.25, 0.3) is 0 Å². The Bertz CT molecular complexity index is 483. The zero-order valence-corrected chi connectivity index (χ0v) is 12.7. The summed E-state index contributed by atoms with van der Waals surface area (Å²) in [5, 5.41) is 11.9. The van der Waals surface area contributed by atoms with Crippen molar-refractivity contribution in [2.24, 2.45) is 5.92 Å². The van der Waals surface area contributed by atoms with E-state index in [2.05, 4.69) is 5.32 Å². The monoisotopic (exact) mass is 305 g/mol. The van der Waals surface area contributed by atoms with Gasteiger partial charge in [0.05, 0.1) is 12.5 Å². The number of aliphatic carboxylic acids is 1. The number of hydrogen-bond acceptors (Lipinski definition) is 3. The van der Waals surface area contributed by atoms with Crippen molar-refractivity contribution in [1.82, 2.24) is 5.32 Å². The molecule has 1 aliphatic rings. The lowest BCUT2D eigenvalue weighted by Gasteiger charge is -2.22. The van der Waals surface area contributed by atoms with E-state index >= 15 is 0 Å². The second-order valence-corrected chi connectivity index (χ2v) is 5.72. The van der Waals surface area contributed by atoms with Crippen molar-refractivity contribution in [1.29, 1.82) is 0 Å². The Hall–Kier alpha value is -1.88. The first-order valence-electron chi connectivity index (χ1n) is 7.79. The van der Waals surface area contributed by atoms with Gasteiger partial charge in [-0.3, -0.25) is 9.59 Å². The van der Waals surface area contributed by atoms with E-state index in [4.69, 9.17) is 9.84 Å². The molecule has 1 aliphatic heterocycles. The smallest absolute Gasteiger partial charge is 0.305 e. The number of ether oxygens (including phenoxy) is 1. The summed E-state index contributed by atoms with van der Waals surface area (Å²) in [6.45, 7) is 1.55. The van der Waals surface area contributed by atoms with E-state index in [-0.39, 0.29) is 12.3 Å². The van der Waals surface area contributed by atoms with Crippen LogP contribution in [-0.2, 0) is 14.3 Å². The fourth-order valence-electron chi connectivity index (χ4n) is 2.75. The Morgan fingerprint density at radius 3 is 2.55 bits per heavy atom. The molecule has 1 saturated heterocycles. The highest BCUT2D eigenvalue weighted by Gasteiger charge is 2.19. The first-order chi connectivity index (χ1) is 10.6. The second-order valence-electron chi connectivity index (χ2n) is 5.72. The largest absolute Gasteiger partial charge is 0.481 e. The minimum Gasteiger partial charge on any atom is -0.481 e. The fraction of sp³-hybridized carbons (Fsp3) is 0.529. The second kappa shape index (κ2) is 8.54. The minimum atomic E-state index is -0.918. The number of nitrogens with one attached hydrogen (secondary N) is 1. The average Bonchev–Trinajstić information content (AvgIpc) is 2.54. The van der Waals surface area contributed by atoms with Gasteiger partial charge in [-0.1, -0.05) is 30.3 Å². The van der Waals surface area contributed by atoms with Crippen LogP contribution in [0.1, 0.15) is 43.7 Å². The van der Waals surface area contributed by atoms with Gasteiger partial charge in [0, 0.05) is 19.6 Å². The van der Waals surface area contributed by atoms with Gasteiger partial charge in [-0.25, -0.2) is 0 Å². The summed E-state index contributed by atoms with van der Waals surface area (Å²) in [6.07, 6.45) is 3.18. The molecule has 1 amide bonds. The van der Waals surface area contributed by atoms with Gasteiger partial charge < -0.3 is 15.2 Å². The van der Waals surface area contributed by atoms with E-state index in [0.717, 1.165) is 38.0 Å².